The van der Waals surface area contributed by atoms with Crippen LogP contribution >= 0.6 is 0 Å². The summed E-state index contributed by atoms with van der Waals surface area (Å²) in [6, 6.07) is 0.329. The molecule has 0 fully saturated rings. The lowest BCUT2D eigenvalue weighted by molar-refractivity contribution is -0.386. The molecule has 1 N–H and O–H groups in total. The van der Waals surface area contributed by atoms with E-state index >= 15 is 0 Å². The Kier molecular flexibility index (Phi) is 6.33. The fourth-order valence-corrected chi connectivity index (χ4v) is 2.80. The predicted molar refractivity (Wildman–Crippen MR) is 84.8 cm³/mol. The molecule has 6 nitrogen and oxygen atoms in total. The van der Waals surface area contributed by atoms with Gasteiger partial charge in [-0.05, 0) is 40.2 Å². The van der Waals surface area contributed by atoms with Gasteiger partial charge < -0.3 is 5.32 Å². The lowest BCUT2D eigenvalue weighted by atomic mass is 9.94. The van der Waals surface area contributed by atoms with E-state index in [4.69, 9.17) is 0 Å². The number of aryl methyl sites for hydroxylation is 1. The highest BCUT2D eigenvalue weighted by atomic mass is 16.6. The van der Waals surface area contributed by atoms with Gasteiger partial charge in [0.1, 0.15) is 11.4 Å². The molecule has 1 heterocycles. The molecular formula is C15H28N4O2. The average Bonchev–Trinajstić information content (AvgIpc) is 2.77. The molecule has 0 saturated carbocycles. The van der Waals surface area contributed by atoms with E-state index in [1.54, 1.807) is 6.92 Å². The van der Waals surface area contributed by atoms with Gasteiger partial charge in [0.15, 0.2) is 0 Å². The number of nitro groups is 1. The van der Waals surface area contributed by atoms with Crippen molar-refractivity contribution in [3.05, 3.63) is 21.5 Å². The first-order valence-corrected chi connectivity index (χ1v) is 7.81. The van der Waals surface area contributed by atoms with Crippen molar-refractivity contribution in [3.8, 4) is 0 Å². The van der Waals surface area contributed by atoms with Crippen LogP contribution in [-0.4, -0.2) is 27.3 Å². The Balaban J connectivity index is 3.27. The molecule has 0 aromatic carbocycles. The normalized spacial score (nSPS) is 14.4. The van der Waals surface area contributed by atoms with Crippen LogP contribution in [0.3, 0.4) is 0 Å². The van der Waals surface area contributed by atoms with E-state index in [2.05, 4.69) is 31.2 Å². The van der Waals surface area contributed by atoms with Gasteiger partial charge in [0.05, 0.1) is 4.92 Å². The minimum atomic E-state index is -0.292. The third-order valence-corrected chi connectivity index (χ3v) is 3.89. The summed E-state index contributed by atoms with van der Waals surface area (Å²) in [6.07, 6.45) is 1.98. The van der Waals surface area contributed by atoms with Crippen LogP contribution in [0.15, 0.2) is 0 Å². The molecule has 0 aliphatic carbocycles. The molecule has 1 aromatic rings. The predicted octanol–water partition coefficient (Wildman–Crippen LogP) is 3.56. The van der Waals surface area contributed by atoms with Crippen LogP contribution in [0.2, 0.25) is 0 Å². The van der Waals surface area contributed by atoms with Gasteiger partial charge in [0.2, 0.25) is 0 Å². The summed E-state index contributed by atoms with van der Waals surface area (Å²) in [5, 5.41) is 19.3. The summed E-state index contributed by atoms with van der Waals surface area (Å²) >= 11 is 0. The van der Waals surface area contributed by atoms with Crippen LogP contribution < -0.4 is 5.32 Å². The molecular weight excluding hydrogens is 268 g/mol. The van der Waals surface area contributed by atoms with Crippen LogP contribution in [0.5, 0.6) is 0 Å². The van der Waals surface area contributed by atoms with Crippen LogP contribution in [0.1, 0.15) is 70.8 Å². The third kappa shape index (κ3) is 3.81. The van der Waals surface area contributed by atoms with Crippen LogP contribution in [0.25, 0.3) is 0 Å². The van der Waals surface area contributed by atoms with E-state index < -0.39 is 0 Å². The van der Waals surface area contributed by atoms with E-state index in [0.29, 0.717) is 5.69 Å². The molecule has 1 aromatic heterocycles. The second-order valence-electron chi connectivity index (χ2n) is 5.87. The Morgan fingerprint density at radius 1 is 1.33 bits per heavy atom. The monoisotopic (exact) mass is 296 g/mol. The van der Waals surface area contributed by atoms with Crippen LogP contribution in [-0.2, 0) is 0 Å². The number of nitrogens with zero attached hydrogens (tertiary/aromatic N) is 3. The van der Waals surface area contributed by atoms with Crippen LogP contribution in [0, 0.1) is 17.0 Å². The molecule has 120 valence electrons. The molecule has 0 aliphatic rings. The van der Waals surface area contributed by atoms with Crippen molar-refractivity contribution in [2.45, 2.75) is 72.4 Å². The maximum Gasteiger partial charge on any atom is 0.313 e. The first-order valence-electron chi connectivity index (χ1n) is 7.81. The molecule has 2 atom stereocenters. The largest absolute Gasteiger partial charge is 0.313 e. The van der Waals surface area contributed by atoms with E-state index in [1.807, 2.05) is 18.5 Å². The van der Waals surface area contributed by atoms with Crippen molar-refractivity contribution in [3.63, 3.8) is 0 Å². The van der Waals surface area contributed by atoms with Gasteiger partial charge in [0.25, 0.3) is 0 Å². The van der Waals surface area contributed by atoms with Gasteiger partial charge in [-0.15, -0.1) is 0 Å². The van der Waals surface area contributed by atoms with Crippen molar-refractivity contribution in [2.24, 2.45) is 0 Å². The van der Waals surface area contributed by atoms with Gasteiger partial charge in [0, 0.05) is 18.0 Å². The van der Waals surface area contributed by atoms with Crippen molar-refractivity contribution >= 4 is 5.69 Å². The van der Waals surface area contributed by atoms with E-state index in [9.17, 15) is 10.1 Å². The lowest BCUT2D eigenvalue weighted by Crippen LogP contribution is -2.35. The molecule has 21 heavy (non-hydrogen) atoms. The number of hydrogen-bond donors (Lipinski definition) is 1. The maximum atomic E-state index is 11.4. The van der Waals surface area contributed by atoms with Crippen molar-refractivity contribution in [2.75, 3.05) is 6.54 Å². The Morgan fingerprint density at radius 2 is 1.95 bits per heavy atom. The minimum Gasteiger partial charge on any atom is -0.313 e. The standard InChI is InChI=1S/C15H28N4O2/c1-7-9-16-13(8-2)11(5)14-15(19(20)21)12(6)17-18(14)10(3)4/h10-11,13,16H,7-9H2,1-6H3. The second kappa shape index (κ2) is 7.54. The molecule has 0 bridgehead atoms. The summed E-state index contributed by atoms with van der Waals surface area (Å²) in [6.45, 7) is 12.9. The van der Waals surface area contributed by atoms with Crippen LogP contribution in [0.4, 0.5) is 5.69 Å². The third-order valence-electron chi connectivity index (χ3n) is 3.89. The zero-order valence-corrected chi connectivity index (χ0v) is 14.0. The molecule has 0 amide bonds. The number of hydrogen-bond acceptors (Lipinski definition) is 4. The van der Waals surface area contributed by atoms with E-state index in [0.717, 1.165) is 25.1 Å². The topological polar surface area (TPSA) is 73.0 Å². The quantitative estimate of drug-likeness (QED) is 0.588. The molecule has 0 spiro atoms. The van der Waals surface area contributed by atoms with Crippen molar-refractivity contribution < 1.29 is 4.92 Å². The Bertz CT molecular complexity index is 482. The highest BCUT2D eigenvalue weighted by Crippen LogP contribution is 2.34. The van der Waals surface area contributed by atoms with Gasteiger partial charge in [-0.1, -0.05) is 20.8 Å². The first-order chi connectivity index (χ1) is 9.84. The molecule has 6 heteroatoms. The van der Waals surface area contributed by atoms with E-state index in [1.165, 1.54) is 0 Å². The highest BCUT2D eigenvalue weighted by Gasteiger charge is 2.33. The fraction of sp³-hybridized carbons (Fsp3) is 0.800. The summed E-state index contributed by atoms with van der Waals surface area (Å²) in [5.41, 5.74) is 1.41. The first kappa shape index (κ1) is 17.6. The SMILES string of the molecule is CCCNC(CC)C(C)c1c([N+](=O)[O-])c(C)nn1C(C)C. The Labute approximate surface area is 127 Å². The average molecular weight is 296 g/mol. The molecule has 0 aliphatic heterocycles. The van der Waals surface area contributed by atoms with Crippen molar-refractivity contribution in [1.82, 2.24) is 15.1 Å². The molecule has 1 rings (SSSR count). The number of aromatic nitrogens is 2. The zero-order chi connectivity index (χ0) is 16.2. The Hall–Kier alpha value is -1.43. The summed E-state index contributed by atoms with van der Waals surface area (Å²) in [7, 11) is 0. The van der Waals surface area contributed by atoms with Gasteiger partial charge in [-0.3, -0.25) is 14.8 Å². The maximum absolute atomic E-state index is 11.4. The lowest BCUT2D eigenvalue weighted by Gasteiger charge is -2.25. The summed E-state index contributed by atoms with van der Waals surface area (Å²) in [4.78, 5) is 11.1. The zero-order valence-electron chi connectivity index (χ0n) is 14.0. The summed E-state index contributed by atoms with van der Waals surface area (Å²) in [5.74, 6) is 0.0468. The smallest absolute Gasteiger partial charge is 0.313 e. The molecule has 2 unspecified atom stereocenters. The van der Waals surface area contributed by atoms with E-state index in [-0.39, 0.29) is 28.6 Å². The highest BCUT2D eigenvalue weighted by molar-refractivity contribution is 5.43. The number of rotatable bonds is 8. The number of nitrogens with one attached hydrogen (secondary N) is 1. The molecule has 0 saturated heterocycles. The second-order valence-corrected chi connectivity index (χ2v) is 5.87. The summed E-state index contributed by atoms with van der Waals surface area (Å²) < 4.78 is 1.81. The fourth-order valence-electron chi connectivity index (χ4n) is 2.80. The Morgan fingerprint density at radius 3 is 2.38 bits per heavy atom. The molecule has 0 radical (unpaired) electrons. The van der Waals surface area contributed by atoms with Gasteiger partial charge in [-0.25, -0.2) is 0 Å². The van der Waals surface area contributed by atoms with Gasteiger partial charge >= 0.3 is 5.69 Å². The van der Waals surface area contributed by atoms with Gasteiger partial charge in [-0.2, -0.15) is 5.10 Å². The van der Waals surface area contributed by atoms with Crippen molar-refractivity contribution in [1.29, 1.82) is 0 Å². The minimum absolute atomic E-state index is 0.0468.